The lowest BCUT2D eigenvalue weighted by Gasteiger charge is -2.59. The summed E-state index contributed by atoms with van der Waals surface area (Å²) in [6.45, 7) is 6.97. The van der Waals surface area contributed by atoms with Gasteiger partial charge in [0.05, 0.1) is 18.4 Å². The monoisotopic (exact) mass is 421 g/mol. The number of anilines is 1. The standard InChI is InChI=1S/C22H24ClN7/c1-2-28-11-15-7-17(23)3-4-18(15)30-20(12-28)26-27-21(30)16-8-22(9-16)13-29(14-22)19-10-24-5-6-25-19/h3-7,10,16H,2,8-9,11-14H2,1H3. The van der Waals surface area contributed by atoms with Crippen LogP contribution in [0, 0.1) is 5.41 Å². The van der Waals surface area contributed by atoms with Gasteiger partial charge in [0.25, 0.3) is 0 Å². The van der Waals surface area contributed by atoms with Crippen LogP contribution in [0.2, 0.25) is 5.02 Å². The third-order valence-electron chi connectivity index (χ3n) is 6.89. The van der Waals surface area contributed by atoms with Gasteiger partial charge in [-0.15, -0.1) is 10.2 Å². The zero-order chi connectivity index (χ0) is 20.3. The number of rotatable bonds is 3. The molecule has 0 unspecified atom stereocenters. The van der Waals surface area contributed by atoms with Crippen LogP contribution in [0.5, 0.6) is 0 Å². The predicted octanol–water partition coefficient (Wildman–Crippen LogP) is 3.43. The molecule has 0 radical (unpaired) electrons. The highest BCUT2D eigenvalue weighted by Gasteiger charge is 2.54. The second-order valence-corrected chi connectivity index (χ2v) is 9.35. The lowest BCUT2D eigenvalue weighted by Crippen LogP contribution is -2.62. The Hall–Kier alpha value is -2.51. The van der Waals surface area contributed by atoms with Gasteiger partial charge < -0.3 is 4.90 Å². The third-order valence-corrected chi connectivity index (χ3v) is 7.13. The first-order valence-corrected chi connectivity index (χ1v) is 11.0. The van der Waals surface area contributed by atoms with Gasteiger partial charge in [0, 0.05) is 48.4 Å². The van der Waals surface area contributed by atoms with Crippen LogP contribution in [0.25, 0.3) is 5.69 Å². The van der Waals surface area contributed by atoms with Crippen molar-refractivity contribution in [3.63, 3.8) is 0 Å². The maximum absolute atomic E-state index is 6.32. The number of aromatic nitrogens is 5. The molecule has 6 rings (SSSR count). The fourth-order valence-corrected chi connectivity index (χ4v) is 5.58. The van der Waals surface area contributed by atoms with E-state index in [-0.39, 0.29) is 0 Å². The Balaban J connectivity index is 1.26. The number of hydrogen-bond donors (Lipinski definition) is 0. The molecule has 30 heavy (non-hydrogen) atoms. The van der Waals surface area contributed by atoms with Gasteiger partial charge in [-0.1, -0.05) is 18.5 Å². The molecule has 3 aliphatic rings. The summed E-state index contributed by atoms with van der Waals surface area (Å²) in [5.74, 6) is 3.57. The van der Waals surface area contributed by atoms with Crippen LogP contribution in [0.15, 0.2) is 36.8 Å². The Morgan fingerprint density at radius 3 is 2.77 bits per heavy atom. The molecule has 0 bridgehead atoms. The van der Waals surface area contributed by atoms with Crippen molar-refractivity contribution in [3.05, 3.63) is 59.0 Å². The molecule has 2 aliphatic heterocycles. The van der Waals surface area contributed by atoms with Gasteiger partial charge in [0.1, 0.15) is 11.6 Å². The zero-order valence-electron chi connectivity index (χ0n) is 17.0. The van der Waals surface area contributed by atoms with Gasteiger partial charge in [-0.05, 0) is 43.1 Å². The van der Waals surface area contributed by atoms with Crippen molar-refractivity contribution < 1.29 is 0 Å². The molecule has 4 heterocycles. The normalized spacial score (nSPS) is 20.3. The molecule has 0 amide bonds. The average molecular weight is 422 g/mol. The van der Waals surface area contributed by atoms with Crippen molar-refractivity contribution in [1.29, 1.82) is 0 Å². The molecule has 1 saturated heterocycles. The molecule has 8 heteroatoms. The largest absolute Gasteiger partial charge is 0.354 e. The molecule has 0 atom stereocenters. The Morgan fingerprint density at radius 2 is 2.00 bits per heavy atom. The molecule has 0 N–H and O–H groups in total. The molecular formula is C22H24ClN7. The van der Waals surface area contributed by atoms with Crippen LogP contribution < -0.4 is 4.90 Å². The van der Waals surface area contributed by atoms with E-state index in [4.69, 9.17) is 11.6 Å². The summed E-state index contributed by atoms with van der Waals surface area (Å²) in [5, 5.41) is 10.1. The topological polar surface area (TPSA) is 63.0 Å². The van der Waals surface area contributed by atoms with Crippen LogP contribution in [-0.4, -0.2) is 49.3 Å². The fourth-order valence-electron chi connectivity index (χ4n) is 5.39. The summed E-state index contributed by atoms with van der Waals surface area (Å²) in [4.78, 5) is 13.3. The first kappa shape index (κ1) is 18.3. The van der Waals surface area contributed by atoms with Gasteiger partial charge in [-0.25, -0.2) is 4.98 Å². The summed E-state index contributed by atoms with van der Waals surface area (Å²) >= 11 is 6.32. The van der Waals surface area contributed by atoms with E-state index in [0.717, 1.165) is 68.1 Å². The maximum atomic E-state index is 6.32. The van der Waals surface area contributed by atoms with E-state index in [9.17, 15) is 0 Å². The minimum Gasteiger partial charge on any atom is -0.354 e. The molecule has 1 spiro atoms. The molecule has 1 saturated carbocycles. The van der Waals surface area contributed by atoms with E-state index in [1.54, 1.807) is 12.4 Å². The molecule has 154 valence electrons. The van der Waals surface area contributed by atoms with E-state index in [2.05, 4.69) is 53.6 Å². The SMILES string of the molecule is CCN1Cc2cc(Cl)ccc2-n2c(nnc2C2CC3(C2)CN(c2cnccn2)C3)C1. The van der Waals surface area contributed by atoms with Crippen LogP contribution in [0.3, 0.4) is 0 Å². The number of fused-ring (bicyclic) bond motifs is 3. The molecule has 3 aromatic rings. The quantitative estimate of drug-likeness (QED) is 0.645. The molecule has 7 nitrogen and oxygen atoms in total. The van der Waals surface area contributed by atoms with Crippen molar-refractivity contribution in [2.24, 2.45) is 5.41 Å². The Labute approximate surface area is 180 Å². The molecule has 1 aliphatic carbocycles. The maximum Gasteiger partial charge on any atom is 0.151 e. The van der Waals surface area contributed by atoms with Crippen LogP contribution in [-0.2, 0) is 13.1 Å². The number of hydrogen-bond acceptors (Lipinski definition) is 6. The Kier molecular flexibility index (Phi) is 4.11. The van der Waals surface area contributed by atoms with Gasteiger partial charge >= 0.3 is 0 Å². The summed E-state index contributed by atoms with van der Waals surface area (Å²) in [5.41, 5.74) is 2.81. The van der Waals surface area contributed by atoms with Crippen molar-refractivity contribution in [1.82, 2.24) is 29.6 Å². The molecule has 2 aromatic heterocycles. The number of nitrogens with zero attached hydrogens (tertiary/aromatic N) is 7. The van der Waals surface area contributed by atoms with Gasteiger partial charge in [0.15, 0.2) is 5.82 Å². The van der Waals surface area contributed by atoms with Crippen LogP contribution >= 0.6 is 11.6 Å². The first-order chi connectivity index (χ1) is 14.6. The minimum absolute atomic E-state index is 0.386. The smallest absolute Gasteiger partial charge is 0.151 e. The summed E-state index contributed by atoms with van der Waals surface area (Å²) in [6, 6.07) is 6.19. The second kappa shape index (κ2) is 6.75. The molecular weight excluding hydrogens is 398 g/mol. The lowest BCUT2D eigenvalue weighted by molar-refractivity contribution is 0.0581. The van der Waals surface area contributed by atoms with Crippen LogP contribution in [0.4, 0.5) is 5.82 Å². The molecule has 1 aromatic carbocycles. The highest BCUT2D eigenvalue weighted by molar-refractivity contribution is 6.30. The van der Waals surface area contributed by atoms with E-state index in [1.807, 2.05) is 12.3 Å². The zero-order valence-corrected chi connectivity index (χ0v) is 17.8. The highest BCUT2D eigenvalue weighted by atomic mass is 35.5. The third kappa shape index (κ3) is 2.83. The van der Waals surface area contributed by atoms with Crippen molar-refractivity contribution >= 4 is 17.4 Å². The van der Waals surface area contributed by atoms with E-state index < -0.39 is 0 Å². The lowest BCUT2D eigenvalue weighted by atomic mass is 9.57. The Bertz CT molecular complexity index is 1080. The average Bonchev–Trinajstić information content (AvgIpc) is 3.02. The van der Waals surface area contributed by atoms with Crippen molar-refractivity contribution in [2.75, 3.05) is 24.5 Å². The van der Waals surface area contributed by atoms with Crippen molar-refractivity contribution in [2.45, 2.75) is 38.8 Å². The number of benzene rings is 1. The van der Waals surface area contributed by atoms with Gasteiger partial charge in [-0.2, -0.15) is 0 Å². The van der Waals surface area contributed by atoms with Crippen LogP contribution in [0.1, 0.15) is 42.9 Å². The van der Waals surface area contributed by atoms with E-state index >= 15 is 0 Å². The fraction of sp³-hybridized carbons (Fsp3) is 0.455. The first-order valence-electron chi connectivity index (χ1n) is 10.6. The predicted molar refractivity (Wildman–Crippen MR) is 115 cm³/mol. The van der Waals surface area contributed by atoms with Gasteiger partial charge in [0.2, 0.25) is 0 Å². The highest BCUT2D eigenvalue weighted by Crippen LogP contribution is 2.56. The van der Waals surface area contributed by atoms with Gasteiger partial charge in [-0.3, -0.25) is 14.5 Å². The minimum atomic E-state index is 0.386. The molecule has 2 fully saturated rings. The van der Waals surface area contributed by atoms with E-state index in [1.165, 1.54) is 11.3 Å². The van der Waals surface area contributed by atoms with E-state index in [0.29, 0.717) is 11.3 Å². The number of halogens is 1. The van der Waals surface area contributed by atoms with Crippen molar-refractivity contribution in [3.8, 4) is 5.69 Å². The summed E-state index contributed by atoms with van der Waals surface area (Å²) in [6.07, 6.45) is 7.65. The summed E-state index contributed by atoms with van der Waals surface area (Å²) < 4.78 is 2.30. The summed E-state index contributed by atoms with van der Waals surface area (Å²) in [7, 11) is 0. The second-order valence-electron chi connectivity index (χ2n) is 8.91. The Morgan fingerprint density at radius 1 is 1.13 bits per heavy atom.